The number of amides is 1. The first-order valence-corrected chi connectivity index (χ1v) is 7.52. The minimum Gasteiger partial charge on any atom is -0.301 e. The summed E-state index contributed by atoms with van der Waals surface area (Å²) in [4.78, 5) is 11.9. The molecule has 0 atom stereocenters. The molecule has 2 rings (SSSR count). The molecule has 0 bridgehead atoms. The quantitative estimate of drug-likeness (QED) is 0.920. The van der Waals surface area contributed by atoms with E-state index in [0.29, 0.717) is 29.5 Å². The molecule has 1 heterocycles. The van der Waals surface area contributed by atoms with E-state index in [9.17, 15) is 4.79 Å². The molecule has 0 unspecified atom stereocenters. The number of rotatable bonds is 5. The minimum atomic E-state index is -0.0779. The molecular weight excluding hydrogens is 284 g/mol. The Morgan fingerprint density at radius 1 is 1.33 bits per heavy atom. The number of nitriles is 1. The summed E-state index contributed by atoms with van der Waals surface area (Å²) in [6.07, 6.45) is 1.01. The van der Waals surface area contributed by atoms with Crippen LogP contribution in [0.25, 0.3) is 0 Å². The molecular formula is C15H16N4OS. The summed E-state index contributed by atoms with van der Waals surface area (Å²) >= 11 is 1.41. The number of carbonyl (C=O) groups is 1. The molecule has 108 valence electrons. The number of anilines is 1. The first-order valence-electron chi connectivity index (χ1n) is 6.71. The van der Waals surface area contributed by atoms with Gasteiger partial charge in [0, 0.05) is 12.3 Å². The monoisotopic (exact) mass is 300 g/mol. The Bertz CT molecular complexity index is 655. The second kappa shape index (κ2) is 6.95. The van der Waals surface area contributed by atoms with Gasteiger partial charge < -0.3 is 5.32 Å². The molecule has 1 amide bonds. The van der Waals surface area contributed by atoms with E-state index in [0.717, 1.165) is 10.6 Å². The van der Waals surface area contributed by atoms with Crippen LogP contribution in [0.2, 0.25) is 0 Å². The van der Waals surface area contributed by atoms with E-state index in [1.165, 1.54) is 11.3 Å². The summed E-state index contributed by atoms with van der Waals surface area (Å²) in [5.41, 5.74) is 1.66. The Labute approximate surface area is 127 Å². The van der Waals surface area contributed by atoms with Crippen molar-refractivity contribution in [2.75, 3.05) is 5.32 Å². The smallest absolute Gasteiger partial charge is 0.226 e. The highest BCUT2D eigenvalue weighted by Crippen LogP contribution is 2.22. The third-order valence-corrected chi connectivity index (χ3v) is 4.04. The van der Waals surface area contributed by atoms with Crippen molar-refractivity contribution in [2.45, 2.75) is 32.6 Å². The van der Waals surface area contributed by atoms with Gasteiger partial charge in [-0.15, -0.1) is 10.2 Å². The van der Waals surface area contributed by atoms with Crippen LogP contribution in [-0.4, -0.2) is 16.1 Å². The van der Waals surface area contributed by atoms with Gasteiger partial charge in [-0.25, -0.2) is 0 Å². The number of carbonyl (C=O) groups excluding carboxylic acids is 1. The Hall–Kier alpha value is -2.26. The van der Waals surface area contributed by atoms with Crippen LogP contribution < -0.4 is 5.32 Å². The van der Waals surface area contributed by atoms with E-state index in [1.54, 1.807) is 12.1 Å². The molecule has 0 fully saturated rings. The summed E-state index contributed by atoms with van der Waals surface area (Å²) in [6, 6.07) is 9.32. The van der Waals surface area contributed by atoms with Gasteiger partial charge >= 0.3 is 0 Å². The molecule has 2 aromatic rings. The van der Waals surface area contributed by atoms with Gasteiger partial charge in [0.2, 0.25) is 11.0 Å². The van der Waals surface area contributed by atoms with Crippen LogP contribution in [0, 0.1) is 11.3 Å². The molecule has 0 radical (unpaired) electrons. The molecule has 0 aliphatic carbocycles. The molecule has 0 saturated heterocycles. The van der Waals surface area contributed by atoms with Crippen LogP contribution >= 0.6 is 11.3 Å². The van der Waals surface area contributed by atoms with Crippen LogP contribution in [-0.2, 0) is 11.2 Å². The van der Waals surface area contributed by atoms with Crippen LogP contribution in [0.1, 0.15) is 42.3 Å². The standard InChI is InChI=1S/C15H16N4OS/c1-10(2)14-18-19-15(21-14)17-13(20)8-7-11-3-5-12(9-16)6-4-11/h3-6,10H,7-8H2,1-2H3,(H,17,19,20). The first-order chi connectivity index (χ1) is 10.1. The van der Waals surface area contributed by atoms with E-state index < -0.39 is 0 Å². The molecule has 0 aliphatic heterocycles. The third kappa shape index (κ3) is 4.36. The van der Waals surface area contributed by atoms with Gasteiger partial charge in [0.05, 0.1) is 11.6 Å². The number of aromatic nitrogens is 2. The summed E-state index contributed by atoms with van der Waals surface area (Å²) in [5, 5.41) is 20.9. The van der Waals surface area contributed by atoms with Gasteiger partial charge in [0.25, 0.3) is 0 Å². The molecule has 0 saturated carbocycles. The van der Waals surface area contributed by atoms with Gasteiger partial charge in [-0.1, -0.05) is 37.3 Å². The van der Waals surface area contributed by atoms with Crippen LogP contribution in [0.5, 0.6) is 0 Å². The normalized spacial score (nSPS) is 10.4. The Balaban J connectivity index is 1.85. The number of aryl methyl sites for hydroxylation is 1. The lowest BCUT2D eigenvalue weighted by Crippen LogP contribution is -2.12. The van der Waals surface area contributed by atoms with Gasteiger partial charge in [0.15, 0.2) is 0 Å². The highest BCUT2D eigenvalue weighted by Gasteiger charge is 2.10. The maximum Gasteiger partial charge on any atom is 0.226 e. The van der Waals surface area contributed by atoms with E-state index in [1.807, 2.05) is 26.0 Å². The molecule has 0 aliphatic rings. The number of hydrogen-bond donors (Lipinski definition) is 1. The number of nitrogens with one attached hydrogen (secondary N) is 1. The highest BCUT2D eigenvalue weighted by molar-refractivity contribution is 7.15. The van der Waals surface area contributed by atoms with Gasteiger partial charge in [-0.2, -0.15) is 5.26 Å². The zero-order valence-corrected chi connectivity index (χ0v) is 12.8. The summed E-state index contributed by atoms with van der Waals surface area (Å²) < 4.78 is 0. The van der Waals surface area contributed by atoms with Crippen molar-refractivity contribution in [1.29, 1.82) is 5.26 Å². The van der Waals surface area contributed by atoms with Crippen molar-refractivity contribution < 1.29 is 4.79 Å². The van der Waals surface area contributed by atoms with Crippen molar-refractivity contribution in [3.8, 4) is 6.07 Å². The maximum atomic E-state index is 11.9. The fraction of sp³-hybridized carbons (Fsp3) is 0.333. The SMILES string of the molecule is CC(C)c1nnc(NC(=O)CCc2ccc(C#N)cc2)s1. The first kappa shape index (κ1) is 15.1. The average molecular weight is 300 g/mol. The zero-order valence-electron chi connectivity index (χ0n) is 12.0. The summed E-state index contributed by atoms with van der Waals surface area (Å²) in [6.45, 7) is 4.08. The lowest BCUT2D eigenvalue weighted by Gasteiger charge is -2.02. The molecule has 21 heavy (non-hydrogen) atoms. The Morgan fingerprint density at radius 3 is 2.62 bits per heavy atom. The molecule has 1 N–H and O–H groups in total. The van der Waals surface area contributed by atoms with E-state index in [2.05, 4.69) is 21.6 Å². The predicted octanol–water partition coefficient (Wildman–Crippen LogP) is 3.10. The minimum absolute atomic E-state index is 0.0779. The van der Waals surface area contributed by atoms with Crippen LogP contribution in [0.15, 0.2) is 24.3 Å². The van der Waals surface area contributed by atoms with Gasteiger partial charge in [0.1, 0.15) is 5.01 Å². The zero-order chi connectivity index (χ0) is 15.2. The molecule has 0 spiro atoms. The molecule has 1 aromatic heterocycles. The average Bonchev–Trinajstić information content (AvgIpc) is 2.94. The molecule has 6 heteroatoms. The van der Waals surface area contributed by atoms with Crippen molar-refractivity contribution in [3.05, 3.63) is 40.4 Å². The second-order valence-corrected chi connectivity index (χ2v) is 5.97. The van der Waals surface area contributed by atoms with Gasteiger partial charge in [-0.3, -0.25) is 4.79 Å². The fourth-order valence-electron chi connectivity index (χ4n) is 1.70. The summed E-state index contributed by atoms with van der Waals surface area (Å²) in [5.74, 6) is 0.234. The molecule has 5 nitrogen and oxygen atoms in total. The van der Waals surface area contributed by atoms with Gasteiger partial charge in [-0.05, 0) is 24.1 Å². The van der Waals surface area contributed by atoms with Crippen molar-refractivity contribution in [1.82, 2.24) is 10.2 Å². The Kier molecular flexibility index (Phi) is 5.01. The number of nitrogens with zero attached hydrogens (tertiary/aromatic N) is 3. The lowest BCUT2D eigenvalue weighted by atomic mass is 10.1. The summed E-state index contributed by atoms with van der Waals surface area (Å²) in [7, 11) is 0. The van der Waals surface area contributed by atoms with Crippen molar-refractivity contribution in [3.63, 3.8) is 0 Å². The highest BCUT2D eigenvalue weighted by atomic mass is 32.1. The van der Waals surface area contributed by atoms with Crippen LogP contribution in [0.4, 0.5) is 5.13 Å². The maximum absolute atomic E-state index is 11.9. The predicted molar refractivity (Wildman–Crippen MR) is 82.1 cm³/mol. The lowest BCUT2D eigenvalue weighted by molar-refractivity contribution is -0.116. The largest absolute Gasteiger partial charge is 0.301 e. The molecule has 1 aromatic carbocycles. The van der Waals surface area contributed by atoms with E-state index in [4.69, 9.17) is 5.26 Å². The van der Waals surface area contributed by atoms with E-state index in [-0.39, 0.29) is 5.91 Å². The Morgan fingerprint density at radius 2 is 2.05 bits per heavy atom. The number of benzene rings is 1. The van der Waals surface area contributed by atoms with Crippen LogP contribution in [0.3, 0.4) is 0 Å². The second-order valence-electron chi connectivity index (χ2n) is 4.96. The topological polar surface area (TPSA) is 78.7 Å². The number of hydrogen-bond acceptors (Lipinski definition) is 5. The van der Waals surface area contributed by atoms with Crippen molar-refractivity contribution >= 4 is 22.4 Å². The van der Waals surface area contributed by atoms with Crippen molar-refractivity contribution in [2.24, 2.45) is 0 Å². The third-order valence-electron chi connectivity index (χ3n) is 2.90. The fourth-order valence-corrected chi connectivity index (χ4v) is 2.47. The van der Waals surface area contributed by atoms with E-state index >= 15 is 0 Å².